The molecule has 0 aromatic carbocycles. The van der Waals surface area contributed by atoms with Gasteiger partial charge in [-0.2, -0.15) is 0 Å². The summed E-state index contributed by atoms with van der Waals surface area (Å²) in [6.45, 7) is 15.3. The van der Waals surface area contributed by atoms with Gasteiger partial charge in [-0.25, -0.2) is 0 Å². The summed E-state index contributed by atoms with van der Waals surface area (Å²) < 4.78 is 11.0. The molecular weight excluding hydrogens is 316 g/mol. The highest BCUT2D eigenvalue weighted by Gasteiger charge is 2.21. The molecule has 0 spiro atoms. The summed E-state index contributed by atoms with van der Waals surface area (Å²) >= 11 is 0. The fourth-order valence-corrected chi connectivity index (χ4v) is 2.47. The van der Waals surface area contributed by atoms with Crippen LogP contribution in [0.4, 0.5) is 0 Å². The number of ketones is 1. The molecule has 0 aliphatic carbocycles. The molecule has 1 unspecified atom stereocenters. The van der Waals surface area contributed by atoms with E-state index in [4.69, 9.17) is 9.47 Å². The van der Waals surface area contributed by atoms with E-state index in [1.807, 2.05) is 20.8 Å². The van der Waals surface area contributed by atoms with Crippen LogP contribution >= 0.6 is 0 Å². The quantitative estimate of drug-likeness (QED) is 0.350. The molecule has 0 bridgehead atoms. The lowest BCUT2D eigenvalue weighted by atomic mass is 9.88. The summed E-state index contributed by atoms with van der Waals surface area (Å²) in [7, 11) is 0. The van der Waals surface area contributed by atoms with Crippen LogP contribution in [0.15, 0.2) is 0 Å². The summed E-state index contributed by atoms with van der Waals surface area (Å²) in [5, 5.41) is 0. The monoisotopic (exact) mass is 356 g/mol. The van der Waals surface area contributed by atoms with E-state index in [2.05, 4.69) is 27.7 Å². The van der Waals surface area contributed by atoms with Crippen LogP contribution < -0.4 is 0 Å². The van der Waals surface area contributed by atoms with Gasteiger partial charge in [-0.1, -0.05) is 40.5 Å². The van der Waals surface area contributed by atoms with Crippen LogP contribution in [0.2, 0.25) is 0 Å². The van der Waals surface area contributed by atoms with E-state index in [0.29, 0.717) is 12.5 Å². The third kappa shape index (κ3) is 14.0. The molecule has 25 heavy (non-hydrogen) atoms. The third-order valence-electron chi connectivity index (χ3n) is 4.30. The van der Waals surface area contributed by atoms with Gasteiger partial charge in [0, 0.05) is 18.4 Å². The maximum Gasteiger partial charge on any atom is 0.306 e. The lowest BCUT2D eigenvalue weighted by molar-refractivity contribution is -0.145. The molecule has 0 radical (unpaired) electrons. The summed E-state index contributed by atoms with van der Waals surface area (Å²) in [5.74, 6) is 0.512. The number of Topliss-reactive ketones (excluding diaryl/α,β-unsaturated/α-hetero) is 1. The SMILES string of the molecule is CCC(CCCCOC(=O)CCC(=O)C(C)(C)C)CCOC(C)(C)C. The van der Waals surface area contributed by atoms with Gasteiger partial charge in [-0.3, -0.25) is 9.59 Å². The van der Waals surface area contributed by atoms with Gasteiger partial charge >= 0.3 is 5.97 Å². The Morgan fingerprint density at radius 3 is 2.04 bits per heavy atom. The minimum Gasteiger partial charge on any atom is -0.466 e. The normalized spacial score (nSPS) is 13.6. The van der Waals surface area contributed by atoms with Crippen LogP contribution in [-0.2, 0) is 19.1 Å². The van der Waals surface area contributed by atoms with Crippen molar-refractivity contribution in [2.24, 2.45) is 11.3 Å². The van der Waals surface area contributed by atoms with Gasteiger partial charge in [0.25, 0.3) is 0 Å². The zero-order valence-corrected chi connectivity index (χ0v) is 17.6. The first-order valence-corrected chi connectivity index (χ1v) is 9.78. The molecule has 0 aliphatic heterocycles. The van der Waals surface area contributed by atoms with Crippen LogP contribution in [0.25, 0.3) is 0 Å². The van der Waals surface area contributed by atoms with E-state index in [9.17, 15) is 9.59 Å². The second-order valence-corrected chi connectivity index (χ2v) is 8.91. The highest BCUT2D eigenvalue weighted by Crippen LogP contribution is 2.19. The van der Waals surface area contributed by atoms with E-state index in [1.54, 1.807) is 0 Å². The first-order chi connectivity index (χ1) is 11.5. The molecule has 1 atom stereocenters. The van der Waals surface area contributed by atoms with Crippen LogP contribution in [0, 0.1) is 11.3 Å². The van der Waals surface area contributed by atoms with Crippen molar-refractivity contribution in [2.75, 3.05) is 13.2 Å². The van der Waals surface area contributed by atoms with Crippen LogP contribution in [0.5, 0.6) is 0 Å². The molecule has 0 N–H and O–H groups in total. The van der Waals surface area contributed by atoms with Gasteiger partial charge in [-0.15, -0.1) is 0 Å². The largest absolute Gasteiger partial charge is 0.466 e. The predicted molar refractivity (Wildman–Crippen MR) is 103 cm³/mol. The number of esters is 1. The van der Waals surface area contributed by atoms with Crippen LogP contribution in [0.1, 0.15) is 93.4 Å². The Balaban J connectivity index is 3.75. The number of hydrogen-bond acceptors (Lipinski definition) is 4. The molecule has 4 nitrogen and oxygen atoms in total. The van der Waals surface area contributed by atoms with Gasteiger partial charge in [0.05, 0.1) is 18.6 Å². The Labute approximate surface area is 155 Å². The Morgan fingerprint density at radius 2 is 1.52 bits per heavy atom. The van der Waals surface area contributed by atoms with Gasteiger partial charge in [0.15, 0.2) is 0 Å². The number of carbonyl (C=O) groups is 2. The van der Waals surface area contributed by atoms with E-state index in [1.165, 1.54) is 0 Å². The minimum absolute atomic E-state index is 0.0686. The molecule has 0 heterocycles. The number of rotatable bonds is 12. The van der Waals surface area contributed by atoms with Crippen molar-refractivity contribution in [3.8, 4) is 0 Å². The number of hydrogen-bond donors (Lipinski definition) is 0. The lowest BCUT2D eigenvalue weighted by Crippen LogP contribution is -2.21. The molecule has 0 rings (SSSR count). The molecule has 0 amide bonds. The van der Waals surface area contributed by atoms with Crippen molar-refractivity contribution in [3.05, 3.63) is 0 Å². The first-order valence-electron chi connectivity index (χ1n) is 9.78. The van der Waals surface area contributed by atoms with E-state index in [-0.39, 0.29) is 35.6 Å². The average Bonchev–Trinajstić information content (AvgIpc) is 2.48. The highest BCUT2D eigenvalue weighted by molar-refractivity contribution is 5.86. The Morgan fingerprint density at radius 1 is 0.880 bits per heavy atom. The zero-order chi connectivity index (χ0) is 19.5. The van der Waals surface area contributed by atoms with Crippen molar-refractivity contribution in [3.63, 3.8) is 0 Å². The van der Waals surface area contributed by atoms with Gasteiger partial charge in [0.2, 0.25) is 0 Å². The maximum absolute atomic E-state index is 11.8. The van der Waals surface area contributed by atoms with Crippen molar-refractivity contribution in [2.45, 2.75) is 99.0 Å². The zero-order valence-electron chi connectivity index (χ0n) is 17.6. The maximum atomic E-state index is 11.8. The second-order valence-electron chi connectivity index (χ2n) is 8.91. The van der Waals surface area contributed by atoms with E-state index in [0.717, 1.165) is 38.7 Å². The lowest BCUT2D eigenvalue weighted by Gasteiger charge is -2.22. The Hall–Kier alpha value is -0.900. The first kappa shape index (κ1) is 24.1. The topological polar surface area (TPSA) is 52.6 Å². The average molecular weight is 357 g/mol. The molecule has 0 saturated carbocycles. The standard InChI is InChI=1S/C21H40O4/c1-8-17(14-16-25-21(5,6)7)11-9-10-15-24-19(23)13-12-18(22)20(2,3)4/h17H,8-16H2,1-7H3. The summed E-state index contributed by atoms with van der Waals surface area (Å²) in [4.78, 5) is 23.5. The highest BCUT2D eigenvalue weighted by atomic mass is 16.5. The molecule has 148 valence electrons. The number of ether oxygens (including phenoxy) is 2. The van der Waals surface area contributed by atoms with Crippen molar-refractivity contribution >= 4 is 11.8 Å². The van der Waals surface area contributed by atoms with Gasteiger partial charge < -0.3 is 9.47 Å². The van der Waals surface area contributed by atoms with Crippen molar-refractivity contribution in [1.29, 1.82) is 0 Å². The molecular formula is C21H40O4. The molecule has 0 saturated heterocycles. The van der Waals surface area contributed by atoms with Crippen molar-refractivity contribution in [1.82, 2.24) is 0 Å². The molecule has 4 heteroatoms. The van der Waals surface area contributed by atoms with Gasteiger partial charge in [-0.05, 0) is 46.0 Å². The van der Waals surface area contributed by atoms with E-state index < -0.39 is 0 Å². The van der Waals surface area contributed by atoms with Crippen molar-refractivity contribution < 1.29 is 19.1 Å². The van der Waals surface area contributed by atoms with Crippen LogP contribution in [-0.4, -0.2) is 30.6 Å². The number of unbranched alkanes of at least 4 members (excludes halogenated alkanes) is 1. The van der Waals surface area contributed by atoms with Crippen LogP contribution in [0.3, 0.4) is 0 Å². The molecule has 0 aromatic heterocycles. The fourth-order valence-electron chi connectivity index (χ4n) is 2.47. The third-order valence-corrected chi connectivity index (χ3v) is 4.30. The molecule has 0 fully saturated rings. The summed E-state index contributed by atoms with van der Waals surface area (Å²) in [5.41, 5.74) is -0.451. The second kappa shape index (κ2) is 11.7. The Kier molecular flexibility index (Phi) is 11.2. The van der Waals surface area contributed by atoms with E-state index >= 15 is 0 Å². The molecule has 0 aliphatic rings. The smallest absolute Gasteiger partial charge is 0.306 e. The molecule has 0 aromatic rings. The minimum atomic E-state index is -0.383. The van der Waals surface area contributed by atoms with Gasteiger partial charge in [0.1, 0.15) is 5.78 Å². The predicted octanol–water partition coefficient (Wildman–Crippen LogP) is 5.33. The Bertz CT molecular complexity index is 388. The number of carbonyl (C=O) groups excluding carboxylic acids is 2. The summed E-state index contributed by atoms with van der Waals surface area (Å²) in [6.07, 6.45) is 5.79. The fraction of sp³-hybridized carbons (Fsp3) is 0.905. The summed E-state index contributed by atoms with van der Waals surface area (Å²) in [6, 6.07) is 0.